The minimum Gasteiger partial charge on any atom is -0.447 e. The number of amides is 2. The van der Waals surface area contributed by atoms with Gasteiger partial charge in [-0.25, -0.2) is 9.69 Å². The standard InChI is InChI=1S/C24H29NO4/c1-19(10-8-9-15-28-17-21-13-6-3-7-14-21)23(26)25-22(18-29-24(25)27)16-20-11-4-2-5-12-20/h2-7,11-14,19,22H,8-10,15-18H2,1H3/t19?,22-/m0/s1. The van der Waals surface area contributed by atoms with Crippen molar-refractivity contribution in [3.63, 3.8) is 0 Å². The first-order valence-corrected chi connectivity index (χ1v) is 10.3. The molecular weight excluding hydrogens is 366 g/mol. The largest absolute Gasteiger partial charge is 0.447 e. The Morgan fingerprint density at radius 2 is 1.72 bits per heavy atom. The maximum absolute atomic E-state index is 12.9. The number of ether oxygens (including phenoxy) is 2. The highest BCUT2D eigenvalue weighted by molar-refractivity contribution is 5.94. The van der Waals surface area contributed by atoms with Crippen molar-refractivity contribution in [1.82, 2.24) is 4.90 Å². The summed E-state index contributed by atoms with van der Waals surface area (Å²) in [5, 5.41) is 0. The zero-order valence-corrected chi connectivity index (χ0v) is 17.0. The normalized spacial score (nSPS) is 17.2. The lowest BCUT2D eigenvalue weighted by molar-refractivity contribution is -0.133. The van der Waals surface area contributed by atoms with Crippen molar-refractivity contribution in [2.45, 2.75) is 45.3 Å². The van der Waals surface area contributed by atoms with Crippen LogP contribution in [-0.2, 0) is 27.3 Å². The van der Waals surface area contributed by atoms with E-state index in [2.05, 4.69) is 0 Å². The molecule has 2 amide bonds. The van der Waals surface area contributed by atoms with Crippen LogP contribution < -0.4 is 0 Å². The van der Waals surface area contributed by atoms with Crippen LogP contribution in [0.4, 0.5) is 4.79 Å². The summed E-state index contributed by atoms with van der Waals surface area (Å²) >= 11 is 0. The molecule has 0 spiro atoms. The maximum atomic E-state index is 12.9. The number of imide groups is 1. The fourth-order valence-corrected chi connectivity index (χ4v) is 3.55. The van der Waals surface area contributed by atoms with E-state index in [0.717, 1.165) is 30.4 Å². The minimum absolute atomic E-state index is 0.140. The summed E-state index contributed by atoms with van der Waals surface area (Å²) in [5.74, 6) is -0.355. The van der Waals surface area contributed by atoms with Crippen molar-refractivity contribution in [2.75, 3.05) is 13.2 Å². The van der Waals surface area contributed by atoms with Crippen LogP contribution in [0.25, 0.3) is 0 Å². The number of carbonyl (C=O) groups is 2. The van der Waals surface area contributed by atoms with Gasteiger partial charge in [0.1, 0.15) is 6.61 Å². The van der Waals surface area contributed by atoms with Crippen LogP contribution in [0.15, 0.2) is 60.7 Å². The summed E-state index contributed by atoms with van der Waals surface area (Å²) in [4.78, 5) is 26.3. The topological polar surface area (TPSA) is 55.8 Å². The Hall–Kier alpha value is -2.66. The summed E-state index contributed by atoms with van der Waals surface area (Å²) in [6.45, 7) is 3.42. The predicted octanol–water partition coefficient (Wildman–Crippen LogP) is 4.60. The zero-order chi connectivity index (χ0) is 20.5. The Morgan fingerprint density at radius 1 is 1.07 bits per heavy atom. The molecule has 5 nitrogen and oxygen atoms in total. The van der Waals surface area contributed by atoms with Crippen LogP contribution in [0.2, 0.25) is 0 Å². The van der Waals surface area contributed by atoms with Gasteiger partial charge in [-0.05, 0) is 30.4 Å². The molecule has 1 saturated heterocycles. The monoisotopic (exact) mass is 395 g/mol. The van der Waals surface area contributed by atoms with Gasteiger partial charge in [0, 0.05) is 12.5 Å². The summed E-state index contributed by atoms with van der Waals surface area (Å²) in [6.07, 6.45) is 2.61. The first-order valence-electron chi connectivity index (χ1n) is 10.3. The predicted molar refractivity (Wildman–Crippen MR) is 111 cm³/mol. The second kappa shape index (κ2) is 10.8. The van der Waals surface area contributed by atoms with E-state index < -0.39 is 6.09 Å². The molecular formula is C24H29NO4. The molecule has 0 bridgehead atoms. The molecule has 1 aliphatic rings. The first kappa shape index (κ1) is 21.1. The quantitative estimate of drug-likeness (QED) is 0.552. The number of unbranched alkanes of at least 4 members (excludes halogenated alkanes) is 1. The van der Waals surface area contributed by atoms with Crippen molar-refractivity contribution in [3.05, 3.63) is 71.8 Å². The Bertz CT molecular complexity index is 778. The van der Waals surface area contributed by atoms with E-state index in [0.29, 0.717) is 19.6 Å². The van der Waals surface area contributed by atoms with Gasteiger partial charge in [0.2, 0.25) is 5.91 Å². The van der Waals surface area contributed by atoms with Gasteiger partial charge in [0.25, 0.3) is 0 Å². The molecule has 29 heavy (non-hydrogen) atoms. The summed E-state index contributed by atoms with van der Waals surface area (Å²) in [6, 6.07) is 19.7. The second-order valence-corrected chi connectivity index (χ2v) is 7.56. The average molecular weight is 395 g/mol. The smallest absolute Gasteiger partial charge is 0.416 e. The number of rotatable bonds is 10. The van der Waals surface area contributed by atoms with Crippen molar-refractivity contribution in [2.24, 2.45) is 5.92 Å². The van der Waals surface area contributed by atoms with Gasteiger partial charge in [0.05, 0.1) is 12.6 Å². The minimum atomic E-state index is -0.519. The van der Waals surface area contributed by atoms with E-state index in [-0.39, 0.29) is 24.5 Å². The molecule has 0 aliphatic carbocycles. The number of hydrogen-bond acceptors (Lipinski definition) is 4. The lowest BCUT2D eigenvalue weighted by Gasteiger charge is -2.23. The van der Waals surface area contributed by atoms with Crippen LogP contribution in [0.1, 0.15) is 37.3 Å². The van der Waals surface area contributed by atoms with Gasteiger partial charge < -0.3 is 9.47 Å². The molecule has 0 radical (unpaired) electrons. The number of benzene rings is 2. The number of hydrogen-bond donors (Lipinski definition) is 0. The molecule has 0 saturated carbocycles. The van der Waals surface area contributed by atoms with Gasteiger partial charge >= 0.3 is 6.09 Å². The van der Waals surface area contributed by atoms with E-state index in [9.17, 15) is 9.59 Å². The molecule has 154 valence electrons. The third-order valence-electron chi connectivity index (χ3n) is 5.22. The molecule has 1 fully saturated rings. The molecule has 2 atom stereocenters. The summed E-state index contributed by atoms with van der Waals surface area (Å²) < 4.78 is 10.9. The van der Waals surface area contributed by atoms with Crippen molar-refractivity contribution in [1.29, 1.82) is 0 Å². The summed E-state index contributed by atoms with van der Waals surface area (Å²) in [5.41, 5.74) is 2.25. The van der Waals surface area contributed by atoms with Crippen molar-refractivity contribution in [3.8, 4) is 0 Å². The van der Waals surface area contributed by atoms with Crippen LogP contribution >= 0.6 is 0 Å². The Morgan fingerprint density at radius 3 is 2.41 bits per heavy atom. The number of cyclic esters (lactones) is 1. The fraction of sp³-hybridized carbons (Fsp3) is 0.417. The second-order valence-electron chi connectivity index (χ2n) is 7.56. The van der Waals surface area contributed by atoms with E-state index >= 15 is 0 Å². The molecule has 1 aliphatic heterocycles. The van der Waals surface area contributed by atoms with Gasteiger partial charge in [-0.1, -0.05) is 74.0 Å². The molecule has 0 N–H and O–H groups in total. The van der Waals surface area contributed by atoms with Crippen LogP contribution in [0, 0.1) is 5.92 Å². The van der Waals surface area contributed by atoms with Gasteiger partial charge in [-0.2, -0.15) is 0 Å². The third-order valence-corrected chi connectivity index (χ3v) is 5.22. The molecule has 1 heterocycles. The first-order chi connectivity index (χ1) is 14.1. The highest BCUT2D eigenvalue weighted by Crippen LogP contribution is 2.22. The van der Waals surface area contributed by atoms with Gasteiger partial charge in [-0.15, -0.1) is 0 Å². The molecule has 0 aromatic heterocycles. The van der Waals surface area contributed by atoms with E-state index in [1.807, 2.05) is 67.6 Å². The highest BCUT2D eigenvalue weighted by atomic mass is 16.6. The zero-order valence-electron chi connectivity index (χ0n) is 17.0. The van der Waals surface area contributed by atoms with Crippen LogP contribution in [0.5, 0.6) is 0 Å². The lowest BCUT2D eigenvalue weighted by atomic mass is 10.0. The number of carbonyl (C=O) groups excluding carboxylic acids is 2. The van der Waals surface area contributed by atoms with E-state index in [1.54, 1.807) is 0 Å². The van der Waals surface area contributed by atoms with Gasteiger partial charge in [0.15, 0.2) is 0 Å². The molecule has 1 unspecified atom stereocenters. The molecule has 5 heteroatoms. The number of nitrogens with zero attached hydrogens (tertiary/aromatic N) is 1. The van der Waals surface area contributed by atoms with Crippen molar-refractivity contribution >= 4 is 12.0 Å². The Labute approximate surface area is 172 Å². The lowest BCUT2D eigenvalue weighted by Crippen LogP contribution is -2.43. The molecule has 3 rings (SSSR count). The maximum Gasteiger partial charge on any atom is 0.416 e. The summed E-state index contributed by atoms with van der Waals surface area (Å²) in [7, 11) is 0. The highest BCUT2D eigenvalue weighted by Gasteiger charge is 2.39. The van der Waals surface area contributed by atoms with Crippen molar-refractivity contribution < 1.29 is 19.1 Å². The van der Waals surface area contributed by atoms with Crippen LogP contribution in [0.3, 0.4) is 0 Å². The molecule has 2 aromatic rings. The van der Waals surface area contributed by atoms with Gasteiger partial charge in [-0.3, -0.25) is 4.79 Å². The average Bonchev–Trinajstić information content (AvgIpc) is 3.11. The SMILES string of the molecule is CC(CCCCOCc1ccccc1)C(=O)N1C(=O)OC[C@@H]1Cc1ccccc1. The van der Waals surface area contributed by atoms with Crippen LogP contribution in [-0.4, -0.2) is 36.2 Å². The Balaban J connectivity index is 1.40. The third kappa shape index (κ3) is 6.16. The Kier molecular flexibility index (Phi) is 7.82. The van der Waals surface area contributed by atoms with E-state index in [4.69, 9.17) is 9.47 Å². The molecule has 2 aromatic carbocycles. The fourth-order valence-electron chi connectivity index (χ4n) is 3.55. The van der Waals surface area contributed by atoms with E-state index in [1.165, 1.54) is 4.90 Å².